The second-order valence-corrected chi connectivity index (χ2v) is 5.52. The van der Waals surface area contributed by atoms with Gasteiger partial charge in [0.1, 0.15) is 11.6 Å². The van der Waals surface area contributed by atoms with Gasteiger partial charge < -0.3 is 5.32 Å². The zero-order chi connectivity index (χ0) is 14.0. The fourth-order valence-corrected chi connectivity index (χ4v) is 3.13. The summed E-state index contributed by atoms with van der Waals surface area (Å²) in [5.41, 5.74) is 0.231. The van der Waals surface area contributed by atoms with Gasteiger partial charge in [-0.05, 0) is 58.5 Å². The molecule has 106 valence electrons. The standard InChI is InChI=1S/C15H22F2N2/c1-10(2)19-8-7-11(9-18-3)15(19)14-12(16)5-4-6-13(14)17/h4-6,10-11,15,18H,7-9H2,1-3H3. The van der Waals surface area contributed by atoms with E-state index in [1.54, 1.807) is 0 Å². The Kier molecular flexibility index (Phi) is 4.53. The Balaban J connectivity index is 2.40. The maximum atomic E-state index is 14.1. The molecule has 19 heavy (non-hydrogen) atoms. The van der Waals surface area contributed by atoms with E-state index in [1.165, 1.54) is 18.2 Å². The first kappa shape index (κ1) is 14.4. The Morgan fingerprint density at radius 1 is 1.32 bits per heavy atom. The number of halogens is 2. The lowest BCUT2D eigenvalue weighted by atomic mass is 9.92. The van der Waals surface area contributed by atoms with Crippen LogP contribution in [0.2, 0.25) is 0 Å². The van der Waals surface area contributed by atoms with Gasteiger partial charge in [0.05, 0.1) is 0 Å². The van der Waals surface area contributed by atoms with Gasteiger partial charge in [0.2, 0.25) is 0 Å². The van der Waals surface area contributed by atoms with Crippen molar-refractivity contribution in [3.8, 4) is 0 Å². The molecule has 2 nitrogen and oxygen atoms in total. The molecule has 0 saturated carbocycles. The van der Waals surface area contributed by atoms with Crippen LogP contribution in [-0.4, -0.2) is 31.1 Å². The van der Waals surface area contributed by atoms with Crippen LogP contribution >= 0.6 is 0 Å². The highest BCUT2D eigenvalue weighted by molar-refractivity contribution is 5.25. The highest BCUT2D eigenvalue weighted by Gasteiger charge is 2.38. The zero-order valence-corrected chi connectivity index (χ0v) is 11.8. The molecule has 1 heterocycles. The predicted molar refractivity (Wildman–Crippen MR) is 73.0 cm³/mol. The van der Waals surface area contributed by atoms with Gasteiger partial charge in [-0.2, -0.15) is 0 Å². The van der Waals surface area contributed by atoms with Crippen molar-refractivity contribution in [2.24, 2.45) is 5.92 Å². The van der Waals surface area contributed by atoms with Crippen molar-refractivity contribution in [1.29, 1.82) is 0 Å². The van der Waals surface area contributed by atoms with Gasteiger partial charge >= 0.3 is 0 Å². The van der Waals surface area contributed by atoms with Gasteiger partial charge in [-0.1, -0.05) is 6.07 Å². The average Bonchev–Trinajstić information content (AvgIpc) is 2.74. The van der Waals surface area contributed by atoms with E-state index in [0.717, 1.165) is 19.5 Å². The van der Waals surface area contributed by atoms with E-state index in [0.29, 0.717) is 0 Å². The lowest BCUT2D eigenvalue weighted by Gasteiger charge is -2.32. The average molecular weight is 268 g/mol. The second-order valence-electron chi connectivity index (χ2n) is 5.52. The molecule has 2 atom stereocenters. The van der Waals surface area contributed by atoms with Crippen LogP contribution in [0.4, 0.5) is 8.78 Å². The lowest BCUT2D eigenvalue weighted by molar-refractivity contribution is 0.174. The second kappa shape index (κ2) is 5.97. The minimum absolute atomic E-state index is 0.173. The monoisotopic (exact) mass is 268 g/mol. The minimum Gasteiger partial charge on any atom is -0.319 e. The Hall–Kier alpha value is -1.00. The van der Waals surface area contributed by atoms with Gasteiger partial charge in [0.25, 0.3) is 0 Å². The molecule has 1 fully saturated rings. The molecule has 0 amide bonds. The Labute approximate surface area is 113 Å². The van der Waals surface area contributed by atoms with E-state index in [-0.39, 0.29) is 23.6 Å². The van der Waals surface area contributed by atoms with Crippen LogP contribution in [0.15, 0.2) is 18.2 Å². The van der Waals surface area contributed by atoms with Crippen LogP contribution in [-0.2, 0) is 0 Å². The SMILES string of the molecule is CNCC1CCN(C(C)C)C1c1c(F)cccc1F. The van der Waals surface area contributed by atoms with Crippen molar-refractivity contribution < 1.29 is 8.78 Å². The van der Waals surface area contributed by atoms with Crippen LogP contribution in [0.3, 0.4) is 0 Å². The highest BCUT2D eigenvalue weighted by Crippen LogP contribution is 2.40. The molecule has 0 bridgehead atoms. The summed E-state index contributed by atoms with van der Waals surface area (Å²) in [5, 5.41) is 3.14. The maximum absolute atomic E-state index is 14.1. The zero-order valence-electron chi connectivity index (χ0n) is 11.8. The quantitative estimate of drug-likeness (QED) is 0.903. The molecule has 1 aliphatic rings. The maximum Gasteiger partial charge on any atom is 0.130 e. The Bertz CT molecular complexity index is 414. The summed E-state index contributed by atoms with van der Waals surface area (Å²) in [4.78, 5) is 2.20. The number of nitrogens with one attached hydrogen (secondary N) is 1. The van der Waals surface area contributed by atoms with Gasteiger partial charge in [-0.15, -0.1) is 0 Å². The molecule has 0 aromatic heterocycles. The summed E-state index contributed by atoms with van der Waals surface area (Å²) >= 11 is 0. The molecule has 2 unspecified atom stereocenters. The molecule has 1 N–H and O–H groups in total. The molecule has 0 spiro atoms. The number of likely N-dealkylation sites (tertiary alicyclic amines) is 1. The Morgan fingerprint density at radius 3 is 2.47 bits per heavy atom. The van der Waals surface area contributed by atoms with Crippen molar-refractivity contribution in [3.05, 3.63) is 35.4 Å². The van der Waals surface area contributed by atoms with Gasteiger partial charge in [-0.3, -0.25) is 4.90 Å². The molecule has 0 aliphatic carbocycles. The predicted octanol–water partition coefficient (Wildman–Crippen LogP) is 2.96. The molecule has 1 saturated heterocycles. The summed E-state index contributed by atoms with van der Waals surface area (Å²) < 4.78 is 28.1. The summed E-state index contributed by atoms with van der Waals surface area (Å²) in [6.45, 7) is 5.82. The van der Waals surface area contributed by atoms with E-state index in [2.05, 4.69) is 24.1 Å². The van der Waals surface area contributed by atoms with Crippen LogP contribution in [0.5, 0.6) is 0 Å². The third kappa shape index (κ3) is 2.79. The summed E-state index contributed by atoms with van der Waals surface area (Å²) in [7, 11) is 1.88. The fourth-order valence-electron chi connectivity index (χ4n) is 3.13. The number of rotatable bonds is 4. The van der Waals surface area contributed by atoms with Crippen LogP contribution in [0.1, 0.15) is 31.9 Å². The molecular formula is C15H22F2N2. The van der Waals surface area contributed by atoms with E-state index >= 15 is 0 Å². The number of benzene rings is 1. The van der Waals surface area contributed by atoms with E-state index in [1.807, 2.05) is 7.05 Å². The smallest absolute Gasteiger partial charge is 0.130 e. The molecule has 1 aromatic rings. The first-order valence-corrected chi connectivity index (χ1v) is 6.90. The molecule has 1 aromatic carbocycles. The van der Waals surface area contributed by atoms with Gasteiger partial charge in [-0.25, -0.2) is 8.78 Å². The molecule has 1 aliphatic heterocycles. The van der Waals surface area contributed by atoms with Crippen molar-refractivity contribution in [1.82, 2.24) is 10.2 Å². The highest BCUT2D eigenvalue weighted by atomic mass is 19.1. The topological polar surface area (TPSA) is 15.3 Å². The third-order valence-corrected chi connectivity index (χ3v) is 3.99. The van der Waals surface area contributed by atoms with Crippen molar-refractivity contribution in [2.75, 3.05) is 20.1 Å². The first-order valence-electron chi connectivity index (χ1n) is 6.90. The van der Waals surface area contributed by atoms with E-state index < -0.39 is 11.6 Å². The third-order valence-electron chi connectivity index (χ3n) is 3.99. The van der Waals surface area contributed by atoms with Crippen molar-refractivity contribution in [2.45, 2.75) is 32.4 Å². The summed E-state index contributed by atoms with van der Waals surface area (Å²) in [5.74, 6) is -0.615. The molecular weight excluding hydrogens is 246 g/mol. The molecule has 2 rings (SSSR count). The van der Waals surface area contributed by atoms with Crippen LogP contribution in [0, 0.1) is 17.6 Å². The summed E-state index contributed by atoms with van der Waals surface area (Å²) in [6, 6.07) is 4.24. The lowest BCUT2D eigenvalue weighted by Crippen LogP contribution is -2.35. The number of hydrogen-bond donors (Lipinski definition) is 1. The van der Waals surface area contributed by atoms with Crippen LogP contribution < -0.4 is 5.32 Å². The molecule has 4 heteroatoms. The first-order chi connectivity index (χ1) is 9.06. The van der Waals surface area contributed by atoms with Gasteiger partial charge in [0.15, 0.2) is 0 Å². The summed E-state index contributed by atoms with van der Waals surface area (Å²) in [6.07, 6.45) is 0.970. The van der Waals surface area contributed by atoms with E-state index in [4.69, 9.17) is 0 Å². The fraction of sp³-hybridized carbons (Fsp3) is 0.600. The largest absolute Gasteiger partial charge is 0.319 e. The van der Waals surface area contributed by atoms with E-state index in [9.17, 15) is 8.78 Å². The van der Waals surface area contributed by atoms with Gasteiger partial charge in [0, 0.05) is 17.6 Å². The Morgan fingerprint density at radius 2 is 1.95 bits per heavy atom. The normalized spacial score (nSPS) is 24.3. The van der Waals surface area contributed by atoms with Crippen LogP contribution in [0.25, 0.3) is 0 Å². The minimum atomic E-state index is -0.432. The number of nitrogens with zero attached hydrogens (tertiary/aromatic N) is 1. The van der Waals surface area contributed by atoms with Crippen molar-refractivity contribution >= 4 is 0 Å². The molecule has 0 radical (unpaired) electrons. The number of hydrogen-bond acceptors (Lipinski definition) is 2. The van der Waals surface area contributed by atoms with Crippen molar-refractivity contribution in [3.63, 3.8) is 0 Å².